The topological polar surface area (TPSA) is 40.9 Å². The molecule has 0 aromatic rings. The first kappa shape index (κ1) is 15.8. The molecule has 1 N–H and O–H groups in total. The minimum absolute atomic E-state index is 0. The van der Waals surface area contributed by atoms with Gasteiger partial charge in [-0.05, 0) is 10.8 Å². The van der Waals surface area contributed by atoms with Crippen molar-refractivity contribution in [3.8, 4) is 0 Å². The van der Waals surface area contributed by atoms with E-state index in [0.717, 1.165) is 0 Å². The molecule has 0 spiro atoms. The van der Waals surface area contributed by atoms with E-state index in [1.165, 1.54) is 0 Å². The Morgan fingerprint density at radius 1 is 1.57 bits per heavy atom. The molecule has 0 unspecified atom stereocenters. The molecular weight excluding hydrogens is 298 g/mol. The van der Waals surface area contributed by atoms with Gasteiger partial charge in [0.15, 0.2) is 0 Å². The SMILES string of the molecule is [Mo].[Mo].[NH-]C(=O)SS. The predicted molar refractivity (Wildman–Crippen MR) is 26.3 cm³/mol. The fraction of sp³-hybridized carbons (Fsp3) is 0. The van der Waals surface area contributed by atoms with Crippen molar-refractivity contribution in [2.24, 2.45) is 0 Å². The minimum Gasteiger partial charge on any atom is -0.658 e. The molecule has 0 atom stereocenters. The molecule has 0 heterocycles. The van der Waals surface area contributed by atoms with Gasteiger partial charge in [0.25, 0.3) is 0 Å². The van der Waals surface area contributed by atoms with Crippen molar-refractivity contribution in [3.05, 3.63) is 5.73 Å². The van der Waals surface area contributed by atoms with Gasteiger partial charge in [0.2, 0.25) is 0 Å². The number of carbonyl (C=O) groups excluding carboxylic acids is 1. The molecule has 1 amide bonds. The zero-order chi connectivity index (χ0) is 4.28. The van der Waals surface area contributed by atoms with Gasteiger partial charge < -0.3 is 10.5 Å². The molecule has 2 nitrogen and oxygen atoms in total. The van der Waals surface area contributed by atoms with Crippen molar-refractivity contribution in [3.63, 3.8) is 0 Å². The summed E-state index contributed by atoms with van der Waals surface area (Å²) in [6.07, 6.45) is 0. The normalized spacial score (nSPS) is 5.29. The third-order valence-corrected chi connectivity index (χ3v) is 0.746. The van der Waals surface area contributed by atoms with Gasteiger partial charge in [-0.3, -0.25) is 0 Å². The Morgan fingerprint density at radius 3 is 1.71 bits per heavy atom. The second-order valence-electron chi connectivity index (χ2n) is 0.379. The fourth-order valence-electron chi connectivity index (χ4n) is 0. The maximum absolute atomic E-state index is 9.37. The number of thiol groups is 1. The average molecular weight is 300 g/mol. The van der Waals surface area contributed by atoms with E-state index in [2.05, 4.69) is 11.7 Å². The zero-order valence-electron chi connectivity index (χ0n) is 3.08. The Labute approximate surface area is 79.7 Å². The van der Waals surface area contributed by atoms with Crippen LogP contribution in [-0.2, 0) is 42.1 Å². The molecule has 7 heavy (non-hydrogen) atoms. The smallest absolute Gasteiger partial charge is 0.117 e. The molecule has 42 valence electrons. The third kappa shape index (κ3) is 18.5. The molecule has 0 radical (unpaired) electrons. The van der Waals surface area contributed by atoms with E-state index in [0.29, 0.717) is 10.8 Å². The molecule has 0 rings (SSSR count). The number of hydrogen-bond acceptors (Lipinski definition) is 3. The van der Waals surface area contributed by atoms with Gasteiger partial charge in [0.1, 0.15) is 5.24 Å². The van der Waals surface area contributed by atoms with Crippen LogP contribution in [-0.4, -0.2) is 5.24 Å². The molecule has 0 saturated heterocycles. The minimum atomic E-state index is -0.715. The van der Waals surface area contributed by atoms with E-state index in [1.807, 2.05) is 0 Å². The predicted octanol–water partition coefficient (Wildman–Crippen LogP) is 1.73. The Hall–Kier alpha value is 1.55. The number of nitrogens with one attached hydrogen (secondary N) is 1. The van der Waals surface area contributed by atoms with Crippen LogP contribution in [0.15, 0.2) is 0 Å². The molecule has 0 aromatic heterocycles. The van der Waals surface area contributed by atoms with E-state index in [9.17, 15) is 4.79 Å². The largest absolute Gasteiger partial charge is 0.658 e. The van der Waals surface area contributed by atoms with Gasteiger partial charge in [-0.15, -0.1) is 11.7 Å². The summed E-state index contributed by atoms with van der Waals surface area (Å²) < 4.78 is 0. The van der Waals surface area contributed by atoms with Crippen LogP contribution in [0.4, 0.5) is 4.79 Å². The van der Waals surface area contributed by atoms with Gasteiger partial charge >= 0.3 is 0 Å². The van der Waals surface area contributed by atoms with Crippen molar-refractivity contribution in [1.82, 2.24) is 0 Å². The zero-order valence-corrected chi connectivity index (χ0v) is 8.81. The molecular formula is CH2Mo2NOS2-. The van der Waals surface area contributed by atoms with E-state index in [1.54, 1.807) is 0 Å². The summed E-state index contributed by atoms with van der Waals surface area (Å²) in [4.78, 5) is 9.37. The number of carbonyl (C=O) groups is 1. The van der Waals surface area contributed by atoms with Crippen molar-refractivity contribution < 1.29 is 46.9 Å². The third-order valence-electron chi connectivity index (χ3n) is 0.0829. The van der Waals surface area contributed by atoms with Crippen LogP contribution in [0.5, 0.6) is 0 Å². The second-order valence-corrected chi connectivity index (χ2v) is 1.48. The first-order chi connectivity index (χ1) is 2.27. The summed E-state index contributed by atoms with van der Waals surface area (Å²) in [6, 6.07) is 0. The average Bonchev–Trinajstić information content (AvgIpc) is 1.38. The molecule has 0 saturated carbocycles. The number of amides is 1. The summed E-state index contributed by atoms with van der Waals surface area (Å²) in [5.41, 5.74) is 6.07. The fourth-order valence-corrected chi connectivity index (χ4v) is 0. The van der Waals surface area contributed by atoms with Crippen LogP contribution in [0.3, 0.4) is 0 Å². The molecule has 0 aliphatic carbocycles. The van der Waals surface area contributed by atoms with Crippen molar-refractivity contribution in [2.75, 3.05) is 0 Å². The van der Waals surface area contributed by atoms with Crippen molar-refractivity contribution >= 4 is 27.7 Å². The van der Waals surface area contributed by atoms with Crippen LogP contribution in [0, 0.1) is 0 Å². The van der Waals surface area contributed by atoms with Gasteiger partial charge in [0, 0.05) is 42.1 Å². The van der Waals surface area contributed by atoms with Gasteiger partial charge in [-0.1, -0.05) is 0 Å². The van der Waals surface area contributed by atoms with Crippen LogP contribution < -0.4 is 0 Å². The molecule has 0 fully saturated rings. The summed E-state index contributed by atoms with van der Waals surface area (Å²) in [6.45, 7) is 0. The first-order valence-corrected chi connectivity index (χ1v) is 2.71. The summed E-state index contributed by atoms with van der Waals surface area (Å²) >= 11 is 3.40. The van der Waals surface area contributed by atoms with Crippen molar-refractivity contribution in [2.45, 2.75) is 0 Å². The molecule has 0 aromatic carbocycles. The van der Waals surface area contributed by atoms with E-state index in [4.69, 9.17) is 5.73 Å². The monoisotopic (exact) mass is 304 g/mol. The van der Waals surface area contributed by atoms with Crippen molar-refractivity contribution in [1.29, 1.82) is 0 Å². The molecule has 0 bridgehead atoms. The molecule has 0 aliphatic rings. The van der Waals surface area contributed by atoms with E-state index in [-0.39, 0.29) is 42.1 Å². The van der Waals surface area contributed by atoms with Gasteiger partial charge in [0.05, 0.1) is 0 Å². The maximum Gasteiger partial charge on any atom is 0.117 e. The van der Waals surface area contributed by atoms with Crippen LogP contribution in [0.25, 0.3) is 5.73 Å². The standard InChI is InChI=1S/CH3NOS2.2Mo/c2-1(3)5-4;;/h(H3,2,3,4);;/p-1. The first-order valence-electron chi connectivity index (χ1n) is 0.841. The van der Waals surface area contributed by atoms with E-state index < -0.39 is 5.24 Å². The summed E-state index contributed by atoms with van der Waals surface area (Å²) in [5, 5.41) is -0.715. The van der Waals surface area contributed by atoms with Gasteiger partial charge in [-0.25, -0.2) is 0 Å². The quantitative estimate of drug-likeness (QED) is 0.420. The summed E-state index contributed by atoms with van der Waals surface area (Å²) in [7, 11) is 0.602. The Kier molecular flexibility index (Phi) is 23.8. The van der Waals surface area contributed by atoms with Gasteiger partial charge in [-0.2, -0.15) is 0 Å². The van der Waals surface area contributed by atoms with Crippen LogP contribution >= 0.6 is 22.5 Å². The van der Waals surface area contributed by atoms with E-state index >= 15 is 0 Å². The Bertz CT molecular complexity index is 51.0. The number of hydrogen-bond donors (Lipinski definition) is 1. The van der Waals surface area contributed by atoms with Crippen LogP contribution in [0.1, 0.15) is 0 Å². The maximum atomic E-state index is 9.37. The Balaban J connectivity index is -0.0000000800. The second kappa shape index (κ2) is 10.5. The van der Waals surface area contributed by atoms with Crippen LogP contribution in [0.2, 0.25) is 0 Å². The number of rotatable bonds is 0. The summed E-state index contributed by atoms with van der Waals surface area (Å²) in [5.74, 6) is 0. The molecule has 6 heteroatoms. The molecule has 0 aliphatic heterocycles. The Morgan fingerprint density at radius 2 is 1.71 bits per heavy atom.